The van der Waals surface area contributed by atoms with E-state index in [1.807, 2.05) is 19.0 Å². The molecule has 0 heterocycles. The molecule has 1 saturated carbocycles. The number of rotatable bonds is 6. The van der Waals surface area contributed by atoms with Crippen molar-refractivity contribution >= 4 is 18.5 Å². The molecule has 1 rings (SSSR count). The van der Waals surface area contributed by atoms with Crippen LogP contribution < -0.4 is 0 Å². The molecule has 0 aromatic carbocycles. The molecule has 0 amide bonds. The van der Waals surface area contributed by atoms with Crippen LogP contribution >= 0.6 is 6.72 Å². The predicted octanol–water partition coefficient (Wildman–Crippen LogP) is 2.85. The maximum absolute atomic E-state index is 9.56. The highest BCUT2D eigenvalue weighted by Crippen LogP contribution is 2.46. The van der Waals surface area contributed by atoms with Crippen LogP contribution in [0.1, 0.15) is 40.0 Å². The van der Waals surface area contributed by atoms with Crippen molar-refractivity contribution in [2.45, 2.75) is 46.1 Å². The molecule has 0 aromatic rings. The fraction of sp³-hybridized carbons (Fsp3) is 1.00. The first-order valence-corrected chi connectivity index (χ1v) is 10.1. The minimum absolute atomic E-state index is 0.194. The highest BCUT2D eigenvalue weighted by atomic mass is 32.5. The molecule has 4 nitrogen and oxygen atoms in total. The van der Waals surface area contributed by atoms with Gasteiger partial charge in [0.05, 0.1) is 6.10 Å². The van der Waals surface area contributed by atoms with Gasteiger partial charge in [0, 0.05) is 6.54 Å². The molecule has 4 unspecified atom stereocenters. The zero-order valence-electron chi connectivity index (χ0n) is 13.3. The summed E-state index contributed by atoms with van der Waals surface area (Å²) in [6, 6.07) is 0. The summed E-state index contributed by atoms with van der Waals surface area (Å²) in [6.45, 7) is 3.82. The van der Waals surface area contributed by atoms with E-state index in [1.165, 1.54) is 12.8 Å². The summed E-state index contributed by atoms with van der Waals surface area (Å²) in [5.74, 6) is 2.16. The van der Waals surface area contributed by atoms with E-state index in [-0.39, 0.29) is 6.10 Å². The van der Waals surface area contributed by atoms with Crippen LogP contribution in [0.2, 0.25) is 0 Å². The van der Waals surface area contributed by atoms with Crippen LogP contribution in [0.3, 0.4) is 0 Å². The third-order valence-electron chi connectivity index (χ3n) is 4.37. The molecule has 6 heteroatoms. The monoisotopic (exact) mass is 323 g/mol. The molecule has 4 atom stereocenters. The van der Waals surface area contributed by atoms with E-state index >= 15 is 0 Å². The van der Waals surface area contributed by atoms with Crippen LogP contribution in [-0.4, -0.2) is 41.4 Å². The Morgan fingerprint density at radius 2 is 1.85 bits per heavy atom. The molecule has 0 spiro atoms. The maximum atomic E-state index is 9.56. The molecular weight excluding hydrogens is 293 g/mol. The van der Waals surface area contributed by atoms with Crippen LogP contribution in [-0.2, 0) is 16.3 Å². The minimum atomic E-state index is -3.61. The normalized spacial score (nSPS) is 29.9. The van der Waals surface area contributed by atoms with E-state index in [0.29, 0.717) is 30.2 Å². The lowest BCUT2D eigenvalue weighted by Gasteiger charge is -2.42. The Hall–Kier alpha value is 0.490. The fourth-order valence-electron chi connectivity index (χ4n) is 3.49. The molecule has 0 aromatic heterocycles. The van der Waals surface area contributed by atoms with Crippen molar-refractivity contribution in [1.82, 2.24) is 4.90 Å². The number of hydrogen-bond acceptors (Lipinski definition) is 3. The molecular formula is C14H30NO3PS. The molecule has 0 saturated heterocycles. The van der Waals surface area contributed by atoms with Crippen molar-refractivity contribution < 1.29 is 14.3 Å². The standard InChI is InChI=1S/C14H30NO3PS/c1-10(2)12-7-6-11(3)8-13(12)14(9-15(4)5)18-19(16,17)20/h10-14H,6-9H2,1-5H3,(H2,16,17,20). The average molecular weight is 323 g/mol. The van der Waals surface area contributed by atoms with Crippen molar-refractivity contribution in [3.05, 3.63) is 0 Å². The van der Waals surface area contributed by atoms with E-state index in [0.717, 1.165) is 6.42 Å². The lowest BCUT2D eigenvalue weighted by Crippen LogP contribution is -2.42. The highest BCUT2D eigenvalue weighted by Gasteiger charge is 2.38. The minimum Gasteiger partial charge on any atom is -0.325 e. The average Bonchev–Trinajstić information content (AvgIpc) is 2.24. The Morgan fingerprint density at radius 1 is 1.25 bits per heavy atom. The zero-order chi connectivity index (χ0) is 15.5. The van der Waals surface area contributed by atoms with Gasteiger partial charge in [0.25, 0.3) is 0 Å². The molecule has 2 N–H and O–H groups in total. The molecule has 20 heavy (non-hydrogen) atoms. The molecule has 120 valence electrons. The van der Waals surface area contributed by atoms with Crippen LogP contribution in [0.25, 0.3) is 0 Å². The predicted molar refractivity (Wildman–Crippen MR) is 87.0 cm³/mol. The number of hydrogen-bond donors (Lipinski definition) is 2. The van der Waals surface area contributed by atoms with Crippen molar-refractivity contribution in [2.75, 3.05) is 20.6 Å². The summed E-state index contributed by atoms with van der Waals surface area (Å²) in [6.07, 6.45) is 3.33. The van der Waals surface area contributed by atoms with Gasteiger partial charge in [-0.2, -0.15) is 0 Å². The lowest BCUT2D eigenvalue weighted by molar-refractivity contribution is 0.0109. The Bertz CT molecular complexity index is 345. The number of likely N-dealkylation sites (N-methyl/N-ethyl adjacent to an activating group) is 1. The second-order valence-electron chi connectivity index (χ2n) is 6.89. The van der Waals surface area contributed by atoms with E-state index in [1.54, 1.807) is 0 Å². The first kappa shape index (κ1) is 18.5. The second-order valence-corrected chi connectivity index (χ2v) is 9.51. The molecule has 1 fully saturated rings. The van der Waals surface area contributed by atoms with Crippen molar-refractivity contribution in [1.29, 1.82) is 0 Å². The van der Waals surface area contributed by atoms with Gasteiger partial charge < -0.3 is 19.2 Å². The molecule has 0 bridgehead atoms. The topological polar surface area (TPSA) is 52.9 Å². The smallest absolute Gasteiger partial charge is 0.322 e. The quantitative estimate of drug-likeness (QED) is 0.736. The van der Waals surface area contributed by atoms with Gasteiger partial charge in [0.2, 0.25) is 0 Å². The van der Waals surface area contributed by atoms with Gasteiger partial charge in [0.1, 0.15) is 0 Å². The van der Waals surface area contributed by atoms with E-state index < -0.39 is 6.72 Å². The molecule has 0 radical (unpaired) electrons. The van der Waals surface area contributed by atoms with Gasteiger partial charge in [-0.15, -0.1) is 0 Å². The molecule has 1 aliphatic rings. The van der Waals surface area contributed by atoms with E-state index in [4.69, 9.17) is 16.3 Å². The Labute approximate surface area is 128 Å². The number of nitrogens with zero attached hydrogens (tertiary/aromatic N) is 1. The lowest BCUT2D eigenvalue weighted by atomic mass is 9.68. The van der Waals surface area contributed by atoms with Crippen molar-refractivity contribution in [2.24, 2.45) is 23.7 Å². The summed E-state index contributed by atoms with van der Waals surface area (Å²) < 4.78 is 5.51. The summed E-state index contributed by atoms with van der Waals surface area (Å²) in [5, 5.41) is 0. The van der Waals surface area contributed by atoms with Gasteiger partial charge in [-0.25, -0.2) is 0 Å². The van der Waals surface area contributed by atoms with Gasteiger partial charge in [-0.05, 0) is 62.4 Å². The van der Waals surface area contributed by atoms with Crippen LogP contribution in [0, 0.1) is 23.7 Å². The van der Waals surface area contributed by atoms with Crippen LogP contribution in [0.5, 0.6) is 0 Å². The summed E-state index contributed by atoms with van der Waals surface area (Å²) in [5.41, 5.74) is 0. The first-order chi connectivity index (χ1) is 9.10. The largest absolute Gasteiger partial charge is 0.325 e. The highest BCUT2D eigenvalue weighted by molar-refractivity contribution is 8.06. The molecule has 1 aliphatic carbocycles. The summed E-state index contributed by atoms with van der Waals surface area (Å²) >= 11 is 4.70. The van der Waals surface area contributed by atoms with E-state index in [9.17, 15) is 9.79 Å². The van der Waals surface area contributed by atoms with Gasteiger partial charge >= 0.3 is 6.72 Å². The molecule has 0 aliphatic heterocycles. The SMILES string of the molecule is CC1CCC(C(C)C)C(C(CN(C)C)OP(O)(O)=S)C1. The zero-order valence-corrected chi connectivity index (χ0v) is 15.0. The van der Waals surface area contributed by atoms with Crippen LogP contribution in [0.15, 0.2) is 0 Å². The Kier molecular flexibility index (Phi) is 7.10. The Morgan fingerprint density at radius 3 is 2.30 bits per heavy atom. The van der Waals surface area contributed by atoms with Gasteiger partial charge in [-0.1, -0.05) is 27.2 Å². The van der Waals surface area contributed by atoms with Gasteiger partial charge in [0.15, 0.2) is 0 Å². The van der Waals surface area contributed by atoms with Gasteiger partial charge in [-0.3, -0.25) is 0 Å². The van der Waals surface area contributed by atoms with Crippen LogP contribution in [0.4, 0.5) is 0 Å². The third-order valence-corrected chi connectivity index (χ3v) is 5.17. The maximum Gasteiger partial charge on any atom is 0.322 e. The third kappa shape index (κ3) is 6.08. The summed E-state index contributed by atoms with van der Waals surface area (Å²) in [4.78, 5) is 21.2. The second kappa shape index (κ2) is 7.66. The van der Waals surface area contributed by atoms with Crippen molar-refractivity contribution in [3.63, 3.8) is 0 Å². The van der Waals surface area contributed by atoms with Crippen molar-refractivity contribution in [3.8, 4) is 0 Å². The Balaban J connectivity index is 2.91. The first-order valence-electron chi connectivity index (χ1n) is 7.48. The fourth-order valence-corrected chi connectivity index (χ4v) is 4.39. The summed E-state index contributed by atoms with van der Waals surface area (Å²) in [7, 11) is 3.95. The van der Waals surface area contributed by atoms with E-state index in [2.05, 4.69) is 20.8 Å².